The molecule has 0 saturated carbocycles. The summed E-state index contributed by atoms with van der Waals surface area (Å²) in [6.07, 6.45) is 3.53. The number of benzene rings is 3. The van der Waals surface area contributed by atoms with Gasteiger partial charge in [0, 0.05) is 12.6 Å². The van der Waals surface area contributed by atoms with Crippen molar-refractivity contribution in [2.75, 3.05) is 34.1 Å². The summed E-state index contributed by atoms with van der Waals surface area (Å²) < 4.78 is 22.3. The first-order chi connectivity index (χ1) is 18.1. The fraction of sp³-hybridized carbons (Fsp3) is 0.367. The molecule has 7 nitrogen and oxygen atoms in total. The number of aryl methyl sites for hydroxylation is 1. The van der Waals surface area contributed by atoms with Crippen molar-refractivity contribution in [1.29, 1.82) is 0 Å². The number of amides is 1. The van der Waals surface area contributed by atoms with Crippen LogP contribution in [-0.2, 0) is 24.1 Å². The average molecular weight is 501 g/mol. The van der Waals surface area contributed by atoms with Gasteiger partial charge < -0.3 is 24.3 Å². The van der Waals surface area contributed by atoms with E-state index in [1.807, 2.05) is 18.2 Å². The predicted molar refractivity (Wildman–Crippen MR) is 139 cm³/mol. The Kier molecular flexibility index (Phi) is 6.38. The first-order valence-corrected chi connectivity index (χ1v) is 12.9. The Morgan fingerprint density at radius 1 is 0.946 bits per heavy atom. The molecule has 3 aromatic rings. The molecular formula is C30H32N2O5. The molecule has 0 fully saturated rings. The number of methoxy groups -OCH3 is 2. The maximum atomic E-state index is 13.3. The molecule has 3 aliphatic rings. The second-order valence-electron chi connectivity index (χ2n) is 9.89. The number of carbonyl (C=O) groups is 1. The van der Waals surface area contributed by atoms with Crippen molar-refractivity contribution in [3.05, 3.63) is 82.4 Å². The van der Waals surface area contributed by atoms with Crippen LogP contribution in [0.2, 0.25) is 0 Å². The van der Waals surface area contributed by atoms with Gasteiger partial charge in [-0.2, -0.15) is 0 Å². The van der Waals surface area contributed by atoms with E-state index in [-0.39, 0.29) is 24.8 Å². The summed E-state index contributed by atoms with van der Waals surface area (Å²) >= 11 is 0. The molecule has 0 bridgehead atoms. The second-order valence-corrected chi connectivity index (χ2v) is 9.89. The van der Waals surface area contributed by atoms with E-state index in [0.717, 1.165) is 55.0 Å². The molecule has 0 aromatic heterocycles. The maximum Gasteiger partial charge on any atom is 0.234 e. The van der Waals surface area contributed by atoms with Gasteiger partial charge in [-0.05, 0) is 77.8 Å². The van der Waals surface area contributed by atoms with Gasteiger partial charge in [-0.3, -0.25) is 9.69 Å². The Bertz CT molecular complexity index is 1320. The van der Waals surface area contributed by atoms with Gasteiger partial charge in [-0.15, -0.1) is 0 Å². The summed E-state index contributed by atoms with van der Waals surface area (Å²) in [6.45, 7) is 1.37. The molecule has 2 atom stereocenters. The smallest absolute Gasteiger partial charge is 0.234 e. The van der Waals surface area contributed by atoms with Crippen LogP contribution in [0.4, 0.5) is 0 Å². The lowest BCUT2D eigenvalue weighted by Gasteiger charge is -2.37. The first-order valence-electron chi connectivity index (χ1n) is 12.9. The number of hydrogen-bond acceptors (Lipinski definition) is 6. The quantitative estimate of drug-likeness (QED) is 0.519. The largest absolute Gasteiger partial charge is 0.493 e. The minimum atomic E-state index is 0.00513. The number of nitrogens with zero attached hydrogens (tertiary/aromatic N) is 1. The van der Waals surface area contributed by atoms with Crippen LogP contribution in [0.5, 0.6) is 23.0 Å². The fourth-order valence-corrected chi connectivity index (χ4v) is 5.93. The monoisotopic (exact) mass is 500 g/mol. The zero-order valence-electron chi connectivity index (χ0n) is 21.3. The van der Waals surface area contributed by atoms with Crippen LogP contribution in [-0.4, -0.2) is 44.9 Å². The van der Waals surface area contributed by atoms with E-state index in [1.54, 1.807) is 14.2 Å². The van der Waals surface area contributed by atoms with Gasteiger partial charge in [0.25, 0.3) is 0 Å². The second kappa shape index (κ2) is 9.98. The van der Waals surface area contributed by atoms with Gasteiger partial charge in [0.2, 0.25) is 12.7 Å². The number of rotatable bonds is 7. The van der Waals surface area contributed by atoms with Crippen LogP contribution in [0.1, 0.15) is 46.3 Å². The minimum absolute atomic E-state index is 0.00513. The molecule has 0 radical (unpaired) electrons. The van der Waals surface area contributed by atoms with Crippen molar-refractivity contribution in [2.45, 2.75) is 37.8 Å². The van der Waals surface area contributed by atoms with E-state index in [4.69, 9.17) is 18.9 Å². The highest BCUT2D eigenvalue weighted by atomic mass is 16.7. The van der Waals surface area contributed by atoms with Crippen LogP contribution in [0.25, 0.3) is 0 Å². The highest BCUT2D eigenvalue weighted by molar-refractivity contribution is 5.79. The molecule has 0 saturated heterocycles. The van der Waals surface area contributed by atoms with Crippen molar-refractivity contribution >= 4 is 5.91 Å². The fourth-order valence-electron chi connectivity index (χ4n) is 5.93. The molecule has 0 spiro atoms. The molecule has 2 heterocycles. The Balaban J connectivity index is 1.27. The van der Waals surface area contributed by atoms with Crippen molar-refractivity contribution in [1.82, 2.24) is 10.2 Å². The van der Waals surface area contributed by atoms with Crippen molar-refractivity contribution in [3.8, 4) is 23.0 Å². The molecular weight excluding hydrogens is 468 g/mol. The summed E-state index contributed by atoms with van der Waals surface area (Å²) in [6, 6.07) is 18.7. The van der Waals surface area contributed by atoms with E-state index < -0.39 is 0 Å². The summed E-state index contributed by atoms with van der Waals surface area (Å²) in [7, 11) is 3.32. The maximum absolute atomic E-state index is 13.3. The van der Waals surface area contributed by atoms with Gasteiger partial charge in [0.15, 0.2) is 23.0 Å². The highest BCUT2D eigenvalue weighted by Crippen LogP contribution is 2.41. The minimum Gasteiger partial charge on any atom is -0.493 e. The summed E-state index contributed by atoms with van der Waals surface area (Å²) in [5.41, 5.74) is 6.10. The van der Waals surface area contributed by atoms with Crippen molar-refractivity contribution < 1.29 is 23.7 Å². The van der Waals surface area contributed by atoms with E-state index in [1.165, 1.54) is 22.3 Å². The number of carbonyl (C=O) groups excluding carboxylic acids is 1. The molecule has 37 heavy (non-hydrogen) atoms. The van der Waals surface area contributed by atoms with Crippen LogP contribution < -0.4 is 24.3 Å². The van der Waals surface area contributed by atoms with Crippen LogP contribution in [0.15, 0.2) is 54.6 Å². The lowest BCUT2D eigenvalue weighted by molar-refractivity contribution is -0.123. The third-order valence-electron chi connectivity index (χ3n) is 7.79. The van der Waals surface area contributed by atoms with Gasteiger partial charge >= 0.3 is 0 Å². The zero-order valence-corrected chi connectivity index (χ0v) is 21.3. The van der Waals surface area contributed by atoms with E-state index in [0.29, 0.717) is 12.3 Å². The third kappa shape index (κ3) is 4.60. The Morgan fingerprint density at radius 3 is 2.62 bits per heavy atom. The van der Waals surface area contributed by atoms with Crippen LogP contribution >= 0.6 is 0 Å². The molecule has 1 aliphatic carbocycles. The number of ether oxygens (including phenoxy) is 4. The van der Waals surface area contributed by atoms with E-state index >= 15 is 0 Å². The summed E-state index contributed by atoms with van der Waals surface area (Å²) in [4.78, 5) is 15.6. The summed E-state index contributed by atoms with van der Waals surface area (Å²) in [5, 5.41) is 3.30. The molecule has 6 rings (SSSR count). The number of nitrogens with one attached hydrogen (secondary N) is 1. The molecule has 192 valence electrons. The van der Waals surface area contributed by atoms with Crippen molar-refractivity contribution in [3.63, 3.8) is 0 Å². The lowest BCUT2D eigenvalue weighted by atomic mass is 9.88. The topological polar surface area (TPSA) is 69.3 Å². The van der Waals surface area contributed by atoms with Crippen molar-refractivity contribution in [2.24, 2.45) is 0 Å². The molecule has 3 aromatic carbocycles. The van der Waals surface area contributed by atoms with Gasteiger partial charge in [-0.25, -0.2) is 0 Å². The lowest BCUT2D eigenvalue weighted by Crippen LogP contribution is -2.44. The summed E-state index contributed by atoms with van der Waals surface area (Å²) in [5.74, 6) is 3.03. The van der Waals surface area contributed by atoms with Crippen LogP contribution in [0, 0.1) is 0 Å². The Morgan fingerprint density at radius 2 is 1.76 bits per heavy atom. The molecule has 1 N–H and O–H groups in total. The molecule has 7 heteroatoms. The van der Waals surface area contributed by atoms with E-state index in [2.05, 4.69) is 46.6 Å². The molecule has 2 unspecified atom stereocenters. The van der Waals surface area contributed by atoms with Gasteiger partial charge in [0.05, 0.1) is 26.8 Å². The predicted octanol–water partition coefficient (Wildman–Crippen LogP) is 4.38. The number of hydrogen-bond donors (Lipinski definition) is 1. The molecule has 2 aliphatic heterocycles. The zero-order chi connectivity index (χ0) is 25.4. The van der Waals surface area contributed by atoms with Gasteiger partial charge in [0.1, 0.15) is 0 Å². The Labute approximate surface area is 217 Å². The van der Waals surface area contributed by atoms with Crippen LogP contribution in [0.3, 0.4) is 0 Å². The first kappa shape index (κ1) is 23.7. The third-order valence-corrected chi connectivity index (χ3v) is 7.79. The normalized spacial score (nSPS) is 19.7. The standard InChI is InChI=1S/C30H32N2O5/c1-34-27-15-21-11-12-32(17-30(33)31-24-9-8-20-5-3-4-6-22(20)24)25(23(21)16-28(27)35-2)13-19-7-10-26-29(14-19)37-18-36-26/h3-7,10,14-16,24-25H,8-9,11-13,17-18H2,1-2H3,(H,31,33). The Hall–Kier alpha value is -3.71. The number of fused-ring (bicyclic) bond motifs is 3. The highest BCUT2D eigenvalue weighted by Gasteiger charge is 2.32. The molecule has 1 amide bonds. The van der Waals surface area contributed by atoms with E-state index in [9.17, 15) is 4.79 Å². The average Bonchev–Trinajstić information content (AvgIpc) is 3.56. The van der Waals surface area contributed by atoms with Gasteiger partial charge in [-0.1, -0.05) is 30.3 Å². The SMILES string of the molecule is COc1cc2c(cc1OC)C(Cc1ccc3c(c1)OCO3)N(CC(=O)NC1CCc3ccccc31)CC2.